The monoisotopic (exact) mass is 511 g/mol. The Morgan fingerprint density at radius 2 is 2.00 bits per heavy atom. The Labute approximate surface area is 212 Å². The van der Waals surface area contributed by atoms with E-state index in [0.717, 1.165) is 50.3 Å². The number of methoxy groups -OCH3 is 1. The Morgan fingerprint density at radius 1 is 1.29 bits per heavy atom. The third-order valence-corrected chi connectivity index (χ3v) is 8.71. The largest absolute Gasteiger partial charge is 0.467 e. The summed E-state index contributed by atoms with van der Waals surface area (Å²) in [5.41, 5.74) is -3.47. The van der Waals surface area contributed by atoms with Crippen LogP contribution in [0, 0.1) is 17.3 Å². The molecule has 1 saturated carbocycles. The second kappa shape index (κ2) is 13.0. The summed E-state index contributed by atoms with van der Waals surface area (Å²) in [4.78, 5) is 50.7. The van der Waals surface area contributed by atoms with E-state index >= 15 is 0 Å². The zero-order valence-corrected chi connectivity index (χ0v) is 22.2. The summed E-state index contributed by atoms with van der Waals surface area (Å²) in [6, 6.07) is -1.07. The number of allylic oxidation sites excluding steroid dienone is 1. The smallest absolute Gasteiger partial charge is 0.329 e. The molecule has 2 aliphatic carbocycles. The molecule has 0 aromatic carbocycles. The van der Waals surface area contributed by atoms with Crippen molar-refractivity contribution in [3.05, 3.63) is 12.2 Å². The number of carbonyl (C=O) groups is 4. The first kappa shape index (κ1) is 29.5. The summed E-state index contributed by atoms with van der Waals surface area (Å²) < 4.78 is 4.74. The number of thioether (sulfide) groups is 1. The molecule has 1 fully saturated rings. The van der Waals surface area contributed by atoms with Crippen LogP contribution in [-0.4, -0.2) is 63.6 Å². The van der Waals surface area contributed by atoms with Crippen LogP contribution in [-0.2, 0) is 23.9 Å². The number of ketones is 1. The highest BCUT2D eigenvalue weighted by atomic mass is 32.2. The van der Waals surface area contributed by atoms with Crippen LogP contribution < -0.4 is 5.32 Å². The van der Waals surface area contributed by atoms with Crippen LogP contribution in [0.15, 0.2) is 12.2 Å². The van der Waals surface area contributed by atoms with Crippen molar-refractivity contribution in [3.8, 4) is 0 Å². The van der Waals surface area contributed by atoms with E-state index in [1.807, 2.05) is 12.2 Å². The average Bonchev–Trinajstić information content (AvgIpc) is 3.03. The van der Waals surface area contributed by atoms with Crippen LogP contribution in [0.2, 0.25) is 0 Å². The van der Waals surface area contributed by atoms with E-state index in [0.29, 0.717) is 12.8 Å². The highest BCUT2D eigenvalue weighted by Crippen LogP contribution is 2.56. The minimum atomic E-state index is -1.75. The third kappa shape index (κ3) is 6.54. The normalized spacial score (nSPS) is 30.1. The maximum atomic E-state index is 13.8. The molecule has 0 heterocycles. The molecule has 3 N–H and O–H groups in total. The molecule has 2 aliphatic rings. The van der Waals surface area contributed by atoms with Crippen molar-refractivity contribution >= 4 is 34.5 Å². The summed E-state index contributed by atoms with van der Waals surface area (Å²) in [5, 5.41) is 25.3. The number of rotatable bonds is 12. The van der Waals surface area contributed by atoms with Crippen LogP contribution in [0.25, 0.3) is 0 Å². The third-order valence-electron chi connectivity index (χ3n) is 7.58. The van der Waals surface area contributed by atoms with Gasteiger partial charge in [-0.15, -0.1) is 0 Å². The second-order valence-electron chi connectivity index (χ2n) is 10.0. The highest BCUT2D eigenvalue weighted by Gasteiger charge is 2.68. The van der Waals surface area contributed by atoms with Crippen LogP contribution in [0.3, 0.4) is 0 Å². The molecule has 0 saturated heterocycles. The molecule has 0 bridgehead atoms. The van der Waals surface area contributed by atoms with Gasteiger partial charge in [0, 0.05) is 30.9 Å². The molecule has 35 heavy (non-hydrogen) atoms. The standard InChI is InChI=1S/C26H41NO7S/c1-5-6-7-11-14-19-21(29)15-26(25(19,3)33,22(30)18-12-9-8-10-13-18)24(32)35-16-20(23(31)34-4)27-17(2)28/h9,12,18-20,22,30,33H,5-8,10-11,13-16H2,1-4H3,(H,27,28)/t18-,19+,20?,22?,25+,26-/m1/s1. The number of esters is 1. The first-order valence-corrected chi connectivity index (χ1v) is 13.6. The molecular weight excluding hydrogens is 470 g/mol. The molecule has 0 aliphatic heterocycles. The van der Waals surface area contributed by atoms with Crippen molar-refractivity contribution in [2.45, 2.75) is 96.3 Å². The van der Waals surface area contributed by atoms with Gasteiger partial charge in [0.25, 0.3) is 0 Å². The number of carbonyl (C=O) groups excluding carboxylic acids is 4. The van der Waals surface area contributed by atoms with E-state index in [4.69, 9.17) is 4.74 Å². The number of Topliss-reactive ketones (excluding diaryl/α,β-unsaturated/α-hetero) is 1. The lowest BCUT2D eigenvalue weighted by molar-refractivity contribution is -0.162. The maximum Gasteiger partial charge on any atom is 0.329 e. The fraction of sp³-hybridized carbons (Fsp3) is 0.769. The van der Waals surface area contributed by atoms with Gasteiger partial charge in [0.2, 0.25) is 11.0 Å². The topological polar surface area (TPSA) is 130 Å². The van der Waals surface area contributed by atoms with Crippen LogP contribution >= 0.6 is 11.8 Å². The number of hydrogen-bond acceptors (Lipinski definition) is 8. The molecular formula is C26H41NO7S. The Balaban J connectivity index is 2.37. The Hall–Kier alpha value is -1.71. The zero-order chi connectivity index (χ0) is 26.2. The predicted octanol–water partition coefficient (Wildman–Crippen LogP) is 2.94. The lowest BCUT2D eigenvalue weighted by atomic mass is 9.64. The SMILES string of the molecule is CCCCCC[C@H]1C(=O)C[C@](C(=O)SCC(NC(C)=O)C(=O)OC)(C(O)[C@@H]2C=CCCC2)[C@@]1(C)O. The van der Waals surface area contributed by atoms with Crippen molar-refractivity contribution in [3.63, 3.8) is 0 Å². The van der Waals surface area contributed by atoms with Gasteiger partial charge in [-0.3, -0.25) is 14.4 Å². The Bertz CT molecular complexity index is 812. The van der Waals surface area contributed by atoms with E-state index in [9.17, 15) is 29.4 Å². The van der Waals surface area contributed by atoms with E-state index in [2.05, 4.69) is 12.2 Å². The number of amides is 1. The fourth-order valence-corrected chi connectivity index (χ4v) is 6.73. The summed E-state index contributed by atoms with van der Waals surface area (Å²) in [6.45, 7) is 4.85. The van der Waals surface area contributed by atoms with E-state index in [-0.39, 0.29) is 23.9 Å². The first-order valence-electron chi connectivity index (χ1n) is 12.6. The molecule has 0 aromatic rings. The number of nitrogens with one attached hydrogen (secondary N) is 1. The Morgan fingerprint density at radius 3 is 2.57 bits per heavy atom. The van der Waals surface area contributed by atoms with Gasteiger partial charge in [-0.1, -0.05) is 56.5 Å². The van der Waals surface area contributed by atoms with Gasteiger partial charge < -0.3 is 20.3 Å². The molecule has 6 atom stereocenters. The number of unbranched alkanes of at least 4 members (excludes halogenated alkanes) is 3. The molecule has 1 amide bonds. The molecule has 2 unspecified atom stereocenters. The number of aliphatic hydroxyl groups is 2. The van der Waals surface area contributed by atoms with Crippen LogP contribution in [0.4, 0.5) is 0 Å². The minimum absolute atomic E-state index is 0.133. The fourth-order valence-electron chi connectivity index (χ4n) is 5.53. The summed E-state index contributed by atoms with van der Waals surface area (Å²) in [5.74, 6) is -2.62. The quantitative estimate of drug-likeness (QED) is 0.207. The maximum absolute atomic E-state index is 13.8. The van der Waals surface area contributed by atoms with E-state index in [1.165, 1.54) is 21.0 Å². The summed E-state index contributed by atoms with van der Waals surface area (Å²) in [7, 11) is 1.19. The first-order chi connectivity index (χ1) is 16.5. The van der Waals surface area contributed by atoms with Crippen LogP contribution in [0.1, 0.15) is 78.6 Å². The van der Waals surface area contributed by atoms with Gasteiger partial charge in [0.05, 0.1) is 18.8 Å². The lowest BCUT2D eigenvalue weighted by Gasteiger charge is -2.46. The predicted molar refractivity (Wildman–Crippen MR) is 135 cm³/mol. The van der Waals surface area contributed by atoms with Gasteiger partial charge in [-0.25, -0.2) is 4.79 Å². The Kier molecular flexibility index (Phi) is 11.0. The molecule has 0 spiro atoms. The zero-order valence-electron chi connectivity index (χ0n) is 21.4. The molecule has 2 rings (SSSR count). The minimum Gasteiger partial charge on any atom is -0.467 e. The highest BCUT2D eigenvalue weighted by molar-refractivity contribution is 8.13. The van der Waals surface area contributed by atoms with Gasteiger partial charge in [0.1, 0.15) is 17.2 Å². The molecule has 198 valence electrons. The number of hydrogen-bond donors (Lipinski definition) is 3. The molecule has 0 aromatic heterocycles. The van der Waals surface area contributed by atoms with E-state index in [1.54, 1.807) is 0 Å². The van der Waals surface area contributed by atoms with Crippen molar-refractivity contribution < 1.29 is 34.1 Å². The summed E-state index contributed by atoms with van der Waals surface area (Å²) >= 11 is 0.746. The number of ether oxygens (including phenoxy) is 1. The van der Waals surface area contributed by atoms with E-state index < -0.39 is 46.1 Å². The van der Waals surface area contributed by atoms with Gasteiger partial charge in [-0.2, -0.15) is 0 Å². The second-order valence-corrected chi connectivity index (χ2v) is 11.0. The van der Waals surface area contributed by atoms with Crippen molar-refractivity contribution in [1.82, 2.24) is 5.32 Å². The molecule has 9 heteroatoms. The van der Waals surface area contributed by atoms with Gasteiger partial charge in [0.15, 0.2) is 0 Å². The number of aliphatic hydroxyl groups excluding tert-OH is 1. The van der Waals surface area contributed by atoms with Crippen molar-refractivity contribution in [2.24, 2.45) is 17.3 Å². The average molecular weight is 512 g/mol. The van der Waals surface area contributed by atoms with Crippen molar-refractivity contribution in [1.29, 1.82) is 0 Å². The van der Waals surface area contributed by atoms with Crippen molar-refractivity contribution in [2.75, 3.05) is 12.9 Å². The summed E-state index contributed by atoms with van der Waals surface area (Å²) in [6.07, 6.45) is 8.90. The molecule has 8 nitrogen and oxygen atoms in total. The van der Waals surface area contributed by atoms with Gasteiger partial charge in [-0.05, 0) is 32.6 Å². The molecule has 0 radical (unpaired) electrons. The van der Waals surface area contributed by atoms with Crippen LogP contribution in [0.5, 0.6) is 0 Å². The van der Waals surface area contributed by atoms with Gasteiger partial charge >= 0.3 is 5.97 Å². The lowest BCUT2D eigenvalue weighted by Crippen LogP contribution is -2.58.